The van der Waals surface area contributed by atoms with Gasteiger partial charge in [-0.15, -0.1) is 6.42 Å². The van der Waals surface area contributed by atoms with Crippen molar-refractivity contribution >= 4 is 15.9 Å². The van der Waals surface area contributed by atoms with E-state index in [2.05, 4.69) is 86.1 Å². The molecular formula is C39H31BrN2. The minimum Gasteiger partial charge on any atom is -0.264 e. The van der Waals surface area contributed by atoms with Gasteiger partial charge in [-0.25, -0.2) is 0 Å². The molecule has 0 spiro atoms. The van der Waals surface area contributed by atoms with E-state index in [1.807, 2.05) is 91.0 Å². The van der Waals surface area contributed by atoms with Crippen LogP contribution in [-0.2, 0) is 0 Å². The molecule has 4 aromatic carbocycles. The zero-order valence-electron chi connectivity index (χ0n) is 22.4. The highest BCUT2D eigenvalue weighted by Crippen LogP contribution is 2.20. The minimum atomic E-state index is 0. The van der Waals surface area contributed by atoms with Gasteiger partial charge in [-0.2, -0.15) is 0 Å². The molecule has 0 saturated carbocycles. The Balaban J connectivity index is 0.000000191. The molecule has 42 heavy (non-hydrogen) atoms. The van der Waals surface area contributed by atoms with Crippen LogP contribution < -0.4 is 0 Å². The first-order valence-electron chi connectivity index (χ1n) is 13.0. The van der Waals surface area contributed by atoms with Gasteiger partial charge in [-0.05, 0) is 86.7 Å². The predicted molar refractivity (Wildman–Crippen MR) is 181 cm³/mol. The standard InChI is InChI=1S/C19H13N.C14H10.C5H4BrN.CH4/c1-2-8-18(9-3-1)19-10-4-6-16(14-19)11-12-17-7-5-13-20-15-17;1-2-12-7-6-10-14(11-12)13-8-4-3-5-9-13;6-5-2-1-3-7-4-5;/h1-10,13-15H;1,3-11H;1-4H;1H4. The Morgan fingerprint density at radius 2 is 0.952 bits per heavy atom. The summed E-state index contributed by atoms with van der Waals surface area (Å²) in [7, 11) is 0. The number of nitrogens with zero attached hydrogens (tertiary/aromatic N) is 2. The lowest BCUT2D eigenvalue weighted by Crippen LogP contribution is -1.80. The molecule has 204 valence electrons. The lowest BCUT2D eigenvalue weighted by molar-refractivity contribution is 1.31. The molecule has 0 aliphatic rings. The van der Waals surface area contributed by atoms with E-state index in [0.717, 1.165) is 21.2 Å². The average Bonchev–Trinajstić information content (AvgIpc) is 3.06. The molecule has 0 bridgehead atoms. The average molecular weight is 608 g/mol. The summed E-state index contributed by atoms with van der Waals surface area (Å²) in [6.45, 7) is 0. The molecule has 6 rings (SSSR count). The topological polar surface area (TPSA) is 25.8 Å². The molecule has 2 nitrogen and oxygen atoms in total. The Bertz CT molecular complexity index is 1730. The summed E-state index contributed by atoms with van der Waals surface area (Å²) in [6.07, 6.45) is 12.4. The van der Waals surface area contributed by atoms with Gasteiger partial charge in [0.2, 0.25) is 0 Å². The number of aromatic nitrogens is 2. The van der Waals surface area contributed by atoms with Crippen LogP contribution in [0.5, 0.6) is 0 Å². The fraction of sp³-hybridized carbons (Fsp3) is 0.0256. The summed E-state index contributed by atoms with van der Waals surface area (Å²) in [5.41, 5.74) is 7.62. The van der Waals surface area contributed by atoms with Gasteiger partial charge in [0.25, 0.3) is 0 Å². The van der Waals surface area contributed by atoms with Crippen molar-refractivity contribution in [2.24, 2.45) is 0 Å². The predicted octanol–water partition coefficient (Wildman–Crippen LogP) is 9.96. The van der Waals surface area contributed by atoms with Crippen molar-refractivity contribution in [3.63, 3.8) is 0 Å². The first-order chi connectivity index (χ1) is 20.2. The number of hydrogen-bond acceptors (Lipinski definition) is 2. The Kier molecular flexibility index (Phi) is 13.0. The molecule has 0 N–H and O–H groups in total. The van der Waals surface area contributed by atoms with E-state index in [1.165, 1.54) is 22.3 Å². The quantitative estimate of drug-likeness (QED) is 0.183. The van der Waals surface area contributed by atoms with Crippen molar-refractivity contribution in [3.05, 3.63) is 179 Å². The summed E-state index contributed by atoms with van der Waals surface area (Å²) < 4.78 is 1.02. The maximum Gasteiger partial charge on any atom is 0.0432 e. The van der Waals surface area contributed by atoms with Gasteiger partial charge in [0.15, 0.2) is 0 Å². The third-order valence-corrected chi connectivity index (χ3v) is 6.21. The molecule has 0 aliphatic heterocycles. The summed E-state index contributed by atoms with van der Waals surface area (Å²) in [5.74, 6) is 8.95. The Labute approximate surface area is 258 Å². The number of hydrogen-bond donors (Lipinski definition) is 0. The monoisotopic (exact) mass is 606 g/mol. The summed E-state index contributed by atoms with van der Waals surface area (Å²) in [6, 6.07) is 44.5. The maximum atomic E-state index is 5.35. The van der Waals surface area contributed by atoms with E-state index < -0.39 is 0 Å². The molecule has 3 heteroatoms. The van der Waals surface area contributed by atoms with Crippen molar-refractivity contribution in [3.8, 4) is 46.4 Å². The molecule has 0 unspecified atom stereocenters. The van der Waals surface area contributed by atoms with Crippen LogP contribution in [0.15, 0.2) is 163 Å². The zero-order valence-corrected chi connectivity index (χ0v) is 23.9. The van der Waals surface area contributed by atoms with Crippen LogP contribution in [-0.4, -0.2) is 9.97 Å². The summed E-state index contributed by atoms with van der Waals surface area (Å²) in [5, 5.41) is 0. The molecule has 6 aromatic rings. The minimum absolute atomic E-state index is 0. The highest BCUT2D eigenvalue weighted by Gasteiger charge is 1.97. The second-order valence-corrected chi connectivity index (χ2v) is 9.62. The van der Waals surface area contributed by atoms with Gasteiger partial charge in [0, 0.05) is 46.0 Å². The Morgan fingerprint density at radius 3 is 1.43 bits per heavy atom. The largest absolute Gasteiger partial charge is 0.264 e. The molecule has 0 fully saturated rings. The molecule has 0 aliphatic carbocycles. The lowest BCUT2D eigenvalue weighted by Gasteiger charge is -2.01. The van der Waals surface area contributed by atoms with Crippen LogP contribution in [0.4, 0.5) is 0 Å². The molecule has 0 saturated heterocycles. The van der Waals surface area contributed by atoms with Gasteiger partial charge in [0.05, 0.1) is 0 Å². The lowest BCUT2D eigenvalue weighted by atomic mass is 10.0. The van der Waals surface area contributed by atoms with E-state index in [9.17, 15) is 0 Å². The number of rotatable bonds is 2. The van der Waals surface area contributed by atoms with E-state index in [1.54, 1.807) is 24.8 Å². The molecule has 2 heterocycles. The first kappa shape index (κ1) is 31.3. The maximum absolute atomic E-state index is 5.35. The third-order valence-electron chi connectivity index (χ3n) is 5.74. The van der Waals surface area contributed by atoms with Crippen LogP contribution in [0, 0.1) is 24.2 Å². The van der Waals surface area contributed by atoms with E-state index in [4.69, 9.17) is 6.42 Å². The normalized spacial score (nSPS) is 9.14. The molecular weight excluding hydrogens is 576 g/mol. The summed E-state index contributed by atoms with van der Waals surface area (Å²) in [4.78, 5) is 7.90. The second-order valence-electron chi connectivity index (χ2n) is 8.70. The molecule has 0 amide bonds. The molecule has 0 radical (unpaired) electrons. The Morgan fingerprint density at radius 1 is 0.476 bits per heavy atom. The number of terminal acetylenes is 1. The fourth-order valence-electron chi connectivity index (χ4n) is 3.75. The smallest absolute Gasteiger partial charge is 0.0432 e. The van der Waals surface area contributed by atoms with Crippen molar-refractivity contribution in [2.45, 2.75) is 7.43 Å². The molecule has 0 atom stereocenters. The van der Waals surface area contributed by atoms with Gasteiger partial charge in [0.1, 0.15) is 0 Å². The molecule has 2 aromatic heterocycles. The van der Waals surface area contributed by atoms with Gasteiger partial charge < -0.3 is 0 Å². The van der Waals surface area contributed by atoms with Crippen molar-refractivity contribution in [1.29, 1.82) is 0 Å². The van der Waals surface area contributed by atoms with Gasteiger partial charge >= 0.3 is 0 Å². The highest BCUT2D eigenvalue weighted by molar-refractivity contribution is 9.10. The van der Waals surface area contributed by atoms with Crippen LogP contribution in [0.3, 0.4) is 0 Å². The number of halogens is 1. The van der Waals surface area contributed by atoms with Crippen LogP contribution in [0.2, 0.25) is 0 Å². The van der Waals surface area contributed by atoms with E-state index in [-0.39, 0.29) is 7.43 Å². The third kappa shape index (κ3) is 10.4. The van der Waals surface area contributed by atoms with E-state index >= 15 is 0 Å². The second kappa shape index (κ2) is 17.5. The van der Waals surface area contributed by atoms with Crippen LogP contribution in [0.1, 0.15) is 24.1 Å². The number of pyridine rings is 2. The van der Waals surface area contributed by atoms with Crippen molar-refractivity contribution < 1.29 is 0 Å². The highest BCUT2D eigenvalue weighted by atomic mass is 79.9. The fourth-order valence-corrected chi connectivity index (χ4v) is 4.02. The SMILES string of the molecule is Brc1cccnc1.C.C#Cc1cccc(-c2ccccc2)c1.C(#Cc1cccc(-c2ccccc2)c1)c1cccnc1. The van der Waals surface area contributed by atoms with Crippen molar-refractivity contribution in [1.82, 2.24) is 9.97 Å². The van der Waals surface area contributed by atoms with Crippen LogP contribution >= 0.6 is 15.9 Å². The number of benzene rings is 4. The van der Waals surface area contributed by atoms with Crippen LogP contribution in [0.25, 0.3) is 22.3 Å². The van der Waals surface area contributed by atoms with Gasteiger partial charge in [-0.3, -0.25) is 9.97 Å². The van der Waals surface area contributed by atoms with E-state index in [0.29, 0.717) is 0 Å². The van der Waals surface area contributed by atoms with Gasteiger partial charge in [-0.1, -0.05) is 110 Å². The first-order valence-corrected chi connectivity index (χ1v) is 13.8. The van der Waals surface area contributed by atoms with Crippen molar-refractivity contribution in [2.75, 3.05) is 0 Å². The Hall–Kier alpha value is -5.22. The zero-order chi connectivity index (χ0) is 28.5. The summed E-state index contributed by atoms with van der Waals surface area (Å²) >= 11 is 3.25.